The molecule has 1 aromatic heterocycles. The highest BCUT2D eigenvalue weighted by atomic mass is 32.2. The zero-order valence-corrected chi connectivity index (χ0v) is 17.1. The van der Waals surface area contributed by atoms with Gasteiger partial charge in [0.2, 0.25) is 0 Å². The minimum Gasteiger partial charge on any atom is -0.264 e. The van der Waals surface area contributed by atoms with Crippen LogP contribution < -0.4 is 0 Å². The lowest BCUT2D eigenvalue weighted by Gasteiger charge is -2.11. The summed E-state index contributed by atoms with van der Waals surface area (Å²) in [5.74, 6) is 0.132. The molecule has 154 valence electrons. The Morgan fingerprint density at radius 3 is 2.14 bits per heavy atom. The van der Waals surface area contributed by atoms with Gasteiger partial charge in [0.1, 0.15) is 0 Å². The predicted octanol–water partition coefficient (Wildman–Crippen LogP) is 5.30. The Labute approximate surface area is 167 Å². The number of aromatic nitrogens is 2. The Morgan fingerprint density at radius 2 is 1.59 bits per heavy atom. The van der Waals surface area contributed by atoms with Crippen molar-refractivity contribution < 1.29 is 21.6 Å². The summed E-state index contributed by atoms with van der Waals surface area (Å²) in [6.45, 7) is 4.19. The third kappa shape index (κ3) is 4.87. The van der Waals surface area contributed by atoms with E-state index >= 15 is 0 Å². The number of halogens is 3. The lowest BCUT2D eigenvalue weighted by atomic mass is 10.0. The minimum atomic E-state index is -4.51. The average molecular weight is 422 g/mol. The van der Waals surface area contributed by atoms with E-state index in [1.54, 1.807) is 42.5 Å². The quantitative estimate of drug-likeness (QED) is 0.561. The summed E-state index contributed by atoms with van der Waals surface area (Å²) in [6.07, 6.45) is -3.37. The first kappa shape index (κ1) is 21.1. The molecule has 0 N–H and O–H groups in total. The molecule has 0 aliphatic carbocycles. The maximum absolute atomic E-state index is 13.1. The van der Waals surface area contributed by atoms with Crippen LogP contribution in [0.25, 0.3) is 22.4 Å². The highest BCUT2D eigenvalue weighted by molar-refractivity contribution is 7.90. The monoisotopic (exact) mass is 422 g/mol. The molecule has 3 aromatic rings. The molecule has 0 amide bonds. The van der Waals surface area contributed by atoms with Crippen LogP contribution in [0.2, 0.25) is 0 Å². The fourth-order valence-electron chi connectivity index (χ4n) is 3.01. The lowest BCUT2D eigenvalue weighted by Crippen LogP contribution is -2.11. The molecule has 0 unspecified atom stereocenters. The molecule has 4 nitrogen and oxygen atoms in total. The largest absolute Gasteiger partial charge is 0.435 e. The van der Waals surface area contributed by atoms with Gasteiger partial charge in [0.25, 0.3) is 0 Å². The van der Waals surface area contributed by atoms with Crippen LogP contribution in [0, 0.1) is 5.92 Å². The van der Waals surface area contributed by atoms with E-state index in [2.05, 4.69) is 5.10 Å². The van der Waals surface area contributed by atoms with Crippen molar-refractivity contribution in [2.24, 2.45) is 5.92 Å². The standard InChI is InChI=1S/C21H21F3N2O2S/c1-14(2)13-26-19(12-20(25-26)21(22,23)24)16-9-7-15(8-10-16)17-5-4-6-18(11-17)29(3,27)28/h4-12,14H,13H2,1-3H3. The molecule has 0 aliphatic heterocycles. The van der Waals surface area contributed by atoms with Crippen LogP contribution >= 0.6 is 0 Å². The molecule has 0 atom stereocenters. The van der Waals surface area contributed by atoms with Gasteiger partial charge >= 0.3 is 6.18 Å². The molecule has 0 saturated carbocycles. The van der Waals surface area contributed by atoms with Crippen LogP contribution in [0.3, 0.4) is 0 Å². The molecule has 0 bridgehead atoms. The van der Waals surface area contributed by atoms with Crippen LogP contribution in [0.4, 0.5) is 13.2 Å². The van der Waals surface area contributed by atoms with Crippen LogP contribution in [0.1, 0.15) is 19.5 Å². The molecule has 0 spiro atoms. The average Bonchev–Trinajstić information content (AvgIpc) is 3.05. The van der Waals surface area contributed by atoms with E-state index in [4.69, 9.17) is 0 Å². The molecule has 8 heteroatoms. The van der Waals surface area contributed by atoms with Crippen molar-refractivity contribution in [2.75, 3.05) is 6.26 Å². The van der Waals surface area contributed by atoms with Crippen molar-refractivity contribution >= 4 is 9.84 Å². The second-order valence-corrected chi connectivity index (χ2v) is 9.38. The first-order valence-corrected chi connectivity index (χ1v) is 10.9. The van der Waals surface area contributed by atoms with E-state index in [0.29, 0.717) is 23.4 Å². The number of hydrogen-bond acceptors (Lipinski definition) is 3. The molecule has 0 saturated heterocycles. The summed E-state index contributed by atoms with van der Waals surface area (Å²) in [6, 6.07) is 14.6. The molecular formula is C21H21F3N2O2S. The summed E-state index contributed by atoms with van der Waals surface area (Å²) in [7, 11) is -3.33. The fourth-order valence-corrected chi connectivity index (χ4v) is 3.68. The molecule has 0 aliphatic rings. The van der Waals surface area contributed by atoms with Crippen LogP contribution in [0.5, 0.6) is 0 Å². The molecule has 2 aromatic carbocycles. The van der Waals surface area contributed by atoms with Crippen LogP contribution in [-0.2, 0) is 22.6 Å². The Morgan fingerprint density at radius 1 is 0.966 bits per heavy atom. The van der Waals surface area contributed by atoms with Gasteiger partial charge in [-0.3, -0.25) is 4.68 Å². The number of benzene rings is 2. The van der Waals surface area contributed by atoms with Gasteiger partial charge < -0.3 is 0 Å². The number of nitrogens with zero attached hydrogens (tertiary/aromatic N) is 2. The van der Waals surface area contributed by atoms with Gasteiger partial charge in [-0.25, -0.2) is 8.42 Å². The van der Waals surface area contributed by atoms with E-state index in [9.17, 15) is 21.6 Å². The third-order valence-electron chi connectivity index (χ3n) is 4.38. The van der Waals surface area contributed by atoms with Gasteiger partial charge in [0.15, 0.2) is 15.5 Å². The van der Waals surface area contributed by atoms with Gasteiger partial charge in [-0.1, -0.05) is 50.2 Å². The van der Waals surface area contributed by atoms with E-state index in [1.807, 2.05) is 13.8 Å². The molecular weight excluding hydrogens is 401 g/mol. The first-order chi connectivity index (χ1) is 13.4. The summed E-state index contributed by atoms with van der Waals surface area (Å²) in [5.41, 5.74) is 1.56. The SMILES string of the molecule is CC(C)Cn1nc(C(F)(F)F)cc1-c1ccc(-c2cccc(S(C)(=O)=O)c2)cc1. The second-order valence-electron chi connectivity index (χ2n) is 7.37. The van der Waals surface area contributed by atoms with Gasteiger partial charge in [-0.05, 0) is 40.8 Å². The number of rotatable bonds is 5. The zero-order chi connectivity index (χ0) is 21.4. The lowest BCUT2D eigenvalue weighted by molar-refractivity contribution is -0.141. The molecule has 0 fully saturated rings. The number of alkyl halides is 3. The third-order valence-corrected chi connectivity index (χ3v) is 5.49. The Bertz CT molecular complexity index is 1120. The smallest absolute Gasteiger partial charge is 0.264 e. The highest BCUT2D eigenvalue weighted by Crippen LogP contribution is 2.33. The maximum atomic E-state index is 13.1. The normalized spacial score (nSPS) is 12.5. The van der Waals surface area contributed by atoms with Crippen molar-refractivity contribution in [3.8, 4) is 22.4 Å². The van der Waals surface area contributed by atoms with Crippen molar-refractivity contribution in [3.05, 3.63) is 60.3 Å². The summed E-state index contributed by atoms with van der Waals surface area (Å²) >= 11 is 0. The molecule has 0 radical (unpaired) electrons. The van der Waals surface area contributed by atoms with E-state index in [0.717, 1.165) is 17.9 Å². The fraction of sp³-hybridized carbons (Fsp3) is 0.286. The Kier molecular flexibility index (Phi) is 5.58. The summed E-state index contributed by atoms with van der Waals surface area (Å²) in [4.78, 5) is 0.212. The zero-order valence-electron chi connectivity index (χ0n) is 16.2. The first-order valence-electron chi connectivity index (χ1n) is 9.01. The molecule has 29 heavy (non-hydrogen) atoms. The maximum Gasteiger partial charge on any atom is 0.435 e. The van der Waals surface area contributed by atoms with E-state index in [-0.39, 0.29) is 10.8 Å². The number of sulfone groups is 1. The van der Waals surface area contributed by atoms with E-state index < -0.39 is 21.7 Å². The molecule has 3 rings (SSSR count). The van der Waals surface area contributed by atoms with Gasteiger partial charge in [-0.15, -0.1) is 0 Å². The van der Waals surface area contributed by atoms with Crippen molar-refractivity contribution in [1.82, 2.24) is 9.78 Å². The minimum absolute atomic E-state index is 0.132. The van der Waals surface area contributed by atoms with E-state index in [1.165, 1.54) is 10.7 Å². The van der Waals surface area contributed by atoms with Gasteiger partial charge in [0.05, 0.1) is 10.6 Å². The number of hydrogen-bond donors (Lipinski definition) is 0. The highest BCUT2D eigenvalue weighted by Gasteiger charge is 2.35. The summed E-state index contributed by atoms with van der Waals surface area (Å²) < 4.78 is 64.3. The van der Waals surface area contributed by atoms with Gasteiger partial charge in [-0.2, -0.15) is 18.3 Å². The van der Waals surface area contributed by atoms with Crippen LogP contribution in [-0.4, -0.2) is 24.5 Å². The van der Waals surface area contributed by atoms with Crippen molar-refractivity contribution in [1.29, 1.82) is 0 Å². The van der Waals surface area contributed by atoms with Crippen LogP contribution in [0.15, 0.2) is 59.5 Å². The Hall–Kier alpha value is -2.61. The molecule has 1 heterocycles. The van der Waals surface area contributed by atoms with Crippen molar-refractivity contribution in [3.63, 3.8) is 0 Å². The van der Waals surface area contributed by atoms with Crippen molar-refractivity contribution in [2.45, 2.75) is 31.5 Å². The Balaban J connectivity index is 2.00. The summed E-state index contributed by atoms with van der Waals surface area (Å²) in [5, 5.41) is 3.74. The predicted molar refractivity (Wildman–Crippen MR) is 106 cm³/mol. The topological polar surface area (TPSA) is 52.0 Å². The second kappa shape index (κ2) is 7.67. The van der Waals surface area contributed by atoms with Gasteiger partial charge in [0, 0.05) is 12.8 Å².